The van der Waals surface area contributed by atoms with Crippen molar-refractivity contribution in [2.24, 2.45) is 0 Å². The molecule has 1 heterocycles. The fraction of sp³-hybridized carbons (Fsp3) is 0.217. The van der Waals surface area contributed by atoms with Crippen LogP contribution in [0.3, 0.4) is 0 Å². The highest BCUT2D eigenvalue weighted by Gasteiger charge is 2.13. The molecule has 0 bridgehead atoms. The second-order valence-electron chi connectivity index (χ2n) is 6.60. The van der Waals surface area contributed by atoms with E-state index in [4.69, 9.17) is 9.47 Å². The molecule has 0 saturated heterocycles. The Bertz CT molecular complexity index is 1150. The van der Waals surface area contributed by atoms with Crippen molar-refractivity contribution in [1.82, 2.24) is 10.2 Å². The predicted molar refractivity (Wildman–Crippen MR) is 120 cm³/mol. The Morgan fingerprint density at radius 1 is 1.23 bits per heavy atom. The van der Waals surface area contributed by atoms with Gasteiger partial charge in [0, 0.05) is 0 Å². The van der Waals surface area contributed by atoms with Crippen molar-refractivity contribution in [3.63, 3.8) is 0 Å². The smallest absolute Gasteiger partial charge is 0.268 e. The molecule has 0 spiro atoms. The third-order valence-electron chi connectivity index (χ3n) is 4.50. The molecule has 31 heavy (non-hydrogen) atoms. The Hall–Kier alpha value is -3.70. The number of amides is 1. The number of nitriles is 1. The number of methoxy groups -OCH3 is 1. The maximum Gasteiger partial charge on any atom is 0.268 e. The Balaban J connectivity index is 1.75. The minimum Gasteiger partial charge on any atom is -0.493 e. The highest BCUT2D eigenvalue weighted by atomic mass is 32.1. The molecule has 0 aliphatic carbocycles. The van der Waals surface area contributed by atoms with Crippen LogP contribution in [0.25, 0.3) is 6.08 Å². The highest BCUT2D eigenvalue weighted by Crippen LogP contribution is 2.30. The average Bonchev–Trinajstić information content (AvgIpc) is 3.24. The number of benzene rings is 2. The molecule has 0 fully saturated rings. The summed E-state index contributed by atoms with van der Waals surface area (Å²) < 4.78 is 11.4. The van der Waals surface area contributed by atoms with Gasteiger partial charge in [-0.05, 0) is 48.2 Å². The second kappa shape index (κ2) is 10.4. The fourth-order valence-electron chi connectivity index (χ4n) is 2.75. The molecule has 158 valence electrons. The summed E-state index contributed by atoms with van der Waals surface area (Å²) >= 11 is 1.28. The molecular formula is C23H22N4O3S. The molecule has 1 N–H and O–H groups in total. The lowest BCUT2D eigenvalue weighted by atomic mass is 10.1. The molecule has 2 aromatic carbocycles. The zero-order valence-corrected chi connectivity index (χ0v) is 18.3. The summed E-state index contributed by atoms with van der Waals surface area (Å²) in [6, 6.07) is 15.2. The number of carbonyl (C=O) groups is 1. The van der Waals surface area contributed by atoms with Gasteiger partial charge in [0.15, 0.2) is 11.5 Å². The van der Waals surface area contributed by atoms with Crippen LogP contribution in [-0.4, -0.2) is 23.2 Å². The van der Waals surface area contributed by atoms with Crippen LogP contribution in [0.4, 0.5) is 5.13 Å². The topological polar surface area (TPSA) is 97.1 Å². The molecule has 0 radical (unpaired) electrons. The van der Waals surface area contributed by atoms with Crippen molar-refractivity contribution in [2.75, 3.05) is 12.4 Å². The van der Waals surface area contributed by atoms with E-state index in [0.717, 1.165) is 22.6 Å². The number of hydrogen-bond acceptors (Lipinski definition) is 7. The van der Waals surface area contributed by atoms with Gasteiger partial charge in [-0.25, -0.2) is 0 Å². The van der Waals surface area contributed by atoms with E-state index >= 15 is 0 Å². The Kier molecular flexibility index (Phi) is 7.35. The predicted octanol–water partition coefficient (Wildman–Crippen LogP) is 4.54. The average molecular weight is 435 g/mol. The molecule has 7 nitrogen and oxygen atoms in total. The van der Waals surface area contributed by atoms with Gasteiger partial charge in [0.05, 0.1) is 7.11 Å². The molecule has 3 aromatic rings. The van der Waals surface area contributed by atoms with Crippen molar-refractivity contribution < 1.29 is 14.3 Å². The molecule has 0 unspecified atom stereocenters. The summed E-state index contributed by atoms with van der Waals surface area (Å²) in [5.74, 6) is 0.545. The number of nitrogens with one attached hydrogen (secondary N) is 1. The van der Waals surface area contributed by atoms with Crippen LogP contribution in [0.5, 0.6) is 11.5 Å². The lowest BCUT2D eigenvalue weighted by Gasteiger charge is -2.12. The minimum absolute atomic E-state index is 0.0520. The Morgan fingerprint density at radius 3 is 2.71 bits per heavy atom. The maximum atomic E-state index is 12.4. The normalized spacial score (nSPS) is 11.0. The van der Waals surface area contributed by atoms with Gasteiger partial charge in [-0.3, -0.25) is 10.1 Å². The van der Waals surface area contributed by atoms with Crippen LogP contribution >= 0.6 is 11.3 Å². The molecule has 8 heteroatoms. The molecule has 0 atom stereocenters. The lowest BCUT2D eigenvalue weighted by Crippen LogP contribution is -2.13. The zero-order valence-electron chi connectivity index (χ0n) is 17.5. The first-order chi connectivity index (χ1) is 15.0. The summed E-state index contributed by atoms with van der Waals surface area (Å²) in [6.07, 6.45) is 2.22. The molecule has 1 aromatic heterocycles. The largest absolute Gasteiger partial charge is 0.493 e. The van der Waals surface area contributed by atoms with Crippen LogP contribution in [0.2, 0.25) is 0 Å². The lowest BCUT2D eigenvalue weighted by molar-refractivity contribution is -0.112. The Labute approximate surface area is 185 Å². The summed E-state index contributed by atoms with van der Waals surface area (Å²) in [6.45, 7) is 4.39. The fourth-order valence-corrected chi connectivity index (χ4v) is 3.42. The monoisotopic (exact) mass is 434 g/mol. The van der Waals surface area contributed by atoms with Crippen LogP contribution in [0.15, 0.2) is 48.0 Å². The third kappa shape index (κ3) is 5.68. The number of ether oxygens (including phenoxy) is 2. The number of nitrogens with zero attached hydrogens (tertiary/aromatic N) is 3. The summed E-state index contributed by atoms with van der Waals surface area (Å²) in [7, 11) is 1.54. The van der Waals surface area contributed by atoms with Crippen LogP contribution < -0.4 is 14.8 Å². The van der Waals surface area contributed by atoms with Gasteiger partial charge in [-0.2, -0.15) is 5.26 Å². The standard InChI is InChI=1S/C23H22N4O3S/c1-4-21-26-27-23(31-21)25-22(28)18(13-24)11-16-9-10-19(20(12-16)29-3)30-14-17-8-6-5-7-15(17)2/h5-12H,4,14H2,1-3H3,(H,25,27,28). The van der Waals surface area contributed by atoms with Crippen molar-refractivity contribution >= 4 is 28.5 Å². The SMILES string of the molecule is CCc1nnc(NC(=O)C(C#N)=Cc2ccc(OCc3ccccc3C)c(OC)c2)s1. The van der Waals surface area contributed by atoms with E-state index in [2.05, 4.69) is 15.5 Å². The molecule has 0 aliphatic heterocycles. The van der Waals surface area contributed by atoms with Gasteiger partial charge in [0.2, 0.25) is 5.13 Å². The summed E-state index contributed by atoms with van der Waals surface area (Å²) in [5, 5.41) is 21.1. The number of aromatic nitrogens is 2. The molecule has 3 rings (SSSR count). The van der Waals surface area contributed by atoms with Crippen LogP contribution in [0, 0.1) is 18.3 Å². The molecule has 0 aliphatic rings. The van der Waals surface area contributed by atoms with Crippen LogP contribution in [0.1, 0.15) is 28.6 Å². The first-order valence-corrected chi connectivity index (χ1v) is 10.5. The van der Waals surface area contributed by atoms with Gasteiger partial charge in [-0.15, -0.1) is 10.2 Å². The molecule has 0 saturated carbocycles. The number of rotatable bonds is 8. The maximum absolute atomic E-state index is 12.4. The van der Waals surface area contributed by atoms with Crippen LogP contribution in [-0.2, 0) is 17.8 Å². The van der Waals surface area contributed by atoms with E-state index < -0.39 is 5.91 Å². The number of carbonyl (C=O) groups excluding carboxylic acids is 1. The van der Waals surface area contributed by atoms with Crippen molar-refractivity contribution in [3.8, 4) is 17.6 Å². The van der Waals surface area contributed by atoms with Crippen molar-refractivity contribution in [1.29, 1.82) is 5.26 Å². The van der Waals surface area contributed by atoms with Crippen molar-refractivity contribution in [2.45, 2.75) is 26.9 Å². The van der Waals surface area contributed by atoms with E-state index in [0.29, 0.717) is 28.8 Å². The van der Waals surface area contributed by atoms with E-state index in [1.807, 2.05) is 44.2 Å². The first-order valence-electron chi connectivity index (χ1n) is 9.65. The number of anilines is 1. The summed E-state index contributed by atoms with van der Waals surface area (Å²) in [4.78, 5) is 12.4. The Morgan fingerprint density at radius 2 is 2.03 bits per heavy atom. The number of hydrogen-bond donors (Lipinski definition) is 1. The minimum atomic E-state index is -0.542. The highest BCUT2D eigenvalue weighted by molar-refractivity contribution is 7.15. The number of aryl methyl sites for hydroxylation is 2. The zero-order chi connectivity index (χ0) is 22.2. The van der Waals surface area contributed by atoms with Gasteiger partial charge >= 0.3 is 0 Å². The molecular weight excluding hydrogens is 412 g/mol. The van der Waals surface area contributed by atoms with E-state index in [1.165, 1.54) is 17.4 Å². The summed E-state index contributed by atoms with van der Waals surface area (Å²) in [5.41, 5.74) is 2.81. The molecule has 1 amide bonds. The third-order valence-corrected chi connectivity index (χ3v) is 5.48. The van der Waals surface area contributed by atoms with E-state index in [9.17, 15) is 10.1 Å². The van der Waals surface area contributed by atoms with Gasteiger partial charge in [0.1, 0.15) is 23.3 Å². The van der Waals surface area contributed by atoms with Gasteiger partial charge < -0.3 is 9.47 Å². The quantitative estimate of drug-likeness (QED) is 0.413. The van der Waals surface area contributed by atoms with Gasteiger partial charge in [-0.1, -0.05) is 48.6 Å². The van der Waals surface area contributed by atoms with Crippen molar-refractivity contribution in [3.05, 3.63) is 69.7 Å². The van der Waals surface area contributed by atoms with Gasteiger partial charge in [0.25, 0.3) is 5.91 Å². The first kappa shape index (κ1) is 22.0. The van der Waals surface area contributed by atoms with E-state index in [-0.39, 0.29) is 5.57 Å². The van der Waals surface area contributed by atoms with E-state index in [1.54, 1.807) is 25.3 Å². The second-order valence-corrected chi connectivity index (χ2v) is 7.67.